The first-order valence-corrected chi connectivity index (χ1v) is 10.8. The van der Waals surface area contributed by atoms with Gasteiger partial charge in [0.1, 0.15) is 4.21 Å². The maximum Gasteiger partial charge on any atom is 0.271 e. The van der Waals surface area contributed by atoms with Gasteiger partial charge in [-0.15, -0.1) is 21.5 Å². The van der Waals surface area contributed by atoms with Gasteiger partial charge in [0.15, 0.2) is 0 Å². The maximum atomic E-state index is 12.7. The number of benzene rings is 1. The molecule has 4 rings (SSSR count). The van der Waals surface area contributed by atoms with Crippen LogP contribution in [0.3, 0.4) is 0 Å². The number of anilines is 1. The van der Waals surface area contributed by atoms with Crippen LogP contribution in [0.1, 0.15) is 42.2 Å². The molecule has 1 N–H and O–H groups in total. The van der Waals surface area contributed by atoms with Crippen molar-refractivity contribution in [2.24, 2.45) is 0 Å². The van der Waals surface area contributed by atoms with Crippen LogP contribution in [-0.2, 0) is 10.0 Å². The lowest BCUT2D eigenvalue weighted by Crippen LogP contribution is -2.11. The molecule has 6 nitrogen and oxygen atoms in total. The van der Waals surface area contributed by atoms with Crippen molar-refractivity contribution in [3.05, 3.63) is 47.3 Å². The number of rotatable bonds is 5. The van der Waals surface area contributed by atoms with E-state index >= 15 is 0 Å². The first-order chi connectivity index (χ1) is 12.4. The zero-order chi connectivity index (χ0) is 18.3. The van der Waals surface area contributed by atoms with E-state index in [2.05, 4.69) is 14.9 Å². The summed E-state index contributed by atoms with van der Waals surface area (Å²) in [6, 6.07) is 8.89. The highest BCUT2D eigenvalue weighted by molar-refractivity contribution is 7.94. The van der Waals surface area contributed by atoms with E-state index in [9.17, 15) is 8.42 Å². The quantitative estimate of drug-likeness (QED) is 0.695. The number of aryl methyl sites for hydroxylation is 2. The summed E-state index contributed by atoms with van der Waals surface area (Å²) in [5.74, 6) is 1.38. The second-order valence-corrected chi connectivity index (χ2v) is 9.67. The SMILES string of the molecule is Cc1cc(C)cc(NS(=O)(=O)c2ccc(-c3nnc(C4CCC4)o3)s2)c1. The van der Waals surface area contributed by atoms with Gasteiger partial charge in [0, 0.05) is 11.6 Å². The highest BCUT2D eigenvalue weighted by atomic mass is 32.2. The van der Waals surface area contributed by atoms with E-state index < -0.39 is 10.0 Å². The average Bonchev–Trinajstić information content (AvgIpc) is 3.12. The highest BCUT2D eigenvalue weighted by Crippen LogP contribution is 2.38. The summed E-state index contributed by atoms with van der Waals surface area (Å²) in [5.41, 5.74) is 2.57. The van der Waals surface area contributed by atoms with Gasteiger partial charge in [-0.05, 0) is 62.1 Å². The Kier molecular flexibility index (Phi) is 4.32. The van der Waals surface area contributed by atoms with Crippen LogP contribution in [0.25, 0.3) is 10.8 Å². The Morgan fingerprint density at radius 3 is 2.50 bits per heavy atom. The van der Waals surface area contributed by atoms with Crippen molar-refractivity contribution >= 4 is 27.0 Å². The van der Waals surface area contributed by atoms with Gasteiger partial charge in [-0.25, -0.2) is 8.42 Å². The highest BCUT2D eigenvalue weighted by Gasteiger charge is 2.26. The Labute approximate surface area is 156 Å². The molecule has 3 aromatic rings. The summed E-state index contributed by atoms with van der Waals surface area (Å²) in [7, 11) is -3.66. The molecule has 2 heterocycles. The lowest BCUT2D eigenvalue weighted by atomic mass is 9.85. The molecule has 8 heteroatoms. The molecule has 1 fully saturated rings. The number of nitrogens with one attached hydrogen (secondary N) is 1. The van der Waals surface area contributed by atoms with Crippen molar-refractivity contribution in [3.8, 4) is 10.8 Å². The summed E-state index contributed by atoms with van der Waals surface area (Å²) in [5, 5.41) is 8.17. The molecule has 0 unspecified atom stereocenters. The Hall–Kier alpha value is -2.19. The van der Waals surface area contributed by atoms with Gasteiger partial charge in [-0.2, -0.15) is 0 Å². The molecular weight excluding hydrogens is 370 g/mol. The van der Waals surface area contributed by atoms with Crippen LogP contribution in [0.4, 0.5) is 5.69 Å². The summed E-state index contributed by atoms with van der Waals surface area (Å²) in [6.07, 6.45) is 3.34. The minimum absolute atomic E-state index is 0.218. The van der Waals surface area contributed by atoms with Crippen LogP contribution in [0.15, 0.2) is 39.0 Å². The summed E-state index contributed by atoms with van der Waals surface area (Å²) in [4.78, 5) is 0.656. The summed E-state index contributed by atoms with van der Waals surface area (Å²) in [6.45, 7) is 3.87. The predicted octanol–water partition coefficient (Wildman–Crippen LogP) is 4.48. The fourth-order valence-corrected chi connectivity index (χ4v) is 5.24. The lowest BCUT2D eigenvalue weighted by molar-refractivity contribution is 0.338. The topological polar surface area (TPSA) is 85.1 Å². The Bertz CT molecular complexity index is 1030. The molecule has 0 saturated heterocycles. The largest absolute Gasteiger partial charge is 0.420 e. The zero-order valence-electron chi connectivity index (χ0n) is 14.5. The minimum Gasteiger partial charge on any atom is -0.420 e. The van der Waals surface area contributed by atoms with Crippen molar-refractivity contribution in [3.63, 3.8) is 0 Å². The van der Waals surface area contributed by atoms with Gasteiger partial charge in [0.2, 0.25) is 5.89 Å². The molecule has 0 radical (unpaired) electrons. The fourth-order valence-electron chi connectivity index (χ4n) is 2.97. The van der Waals surface area contributed by atoms with E-state index in [1.807, 2.05) is 32.0 Å². The second-order valence-electron chi connectivity index (χ2n) is 6.67. The van der Waals surface area contributed by atoms with Gasteiger partial charge in [-0.3, -0.25) is 4.72 Å². The van der Waals surface area contributed by atoms with Crippen LogP contribution < -0.4 is 4.72 Å². The molecule has 1 aromatic carbocycles. The van der Waals surface area contributed by atoms with E-state index in [4.69, 9.17) is 4.42 Å². The van der Waals surface area contributed by atoms with Gasteiger partial charge < -0.3 is 4.42 Å². The third kappa shape index (κ3) is 3.39. The van der Waals surface area contributed by atoms with Gasteiger partial charge in [0.25, 0.3) is 15.9 Å². The minimum atomic E-state index is -3.66. The number of aromatic nitrogens is 2. The number of thiophene rings is 1. The lowest BCUT2D eigenvalue weighted by Gasteiger charge is -2.20. The molecule has 2 aromatic heterocycles. The molecule has 0 aliphatic heterocycles. The third-order valence-corrected chi connectivity index (χ3v) is 7.37. The molecule has 0 atom stereocenters. The average molecular weight is 390 g/mol. The van der Waals surface area contributed by atoms with Gasteiger partial charge in [-0.1, -0.05) is 12.5 Å². The monoisotopic (exact) mass is 389 g/mol. The van der Waals surface area contributed by atoms with Crippen LogP contribution in [0, 0.1) is 13.8 Å². The molecular formula is C18H19N3O3S2. The first-order valence-electron chi connectivity index (χ1n) is 8.45. The van der Waals surface area contributed by atoms with E-state index in [0.29, 0.717) is 28.3 Å². The van der Waals surface area contributed by atoms with Crippen LogP contribution >= 0.6 is 11.3 Å². The Morgan fingerprint density at radius 2 is 1.85 bits per heavy atom. The van der Waals surface area contributed by atoms with Crippen LogP contribution in [0.5, 0.6) is 0 Å². The third-order valence-electron chi connectivity index (χ3n) is 4.43. The van der Waals surface area contributed by atoms with Crippen molar-refractivity contribution in [1.82, 2.24) is 10.2 Å². The number of hydrogen-bond acceptors (Lipinski definition) is 6. The number of nitrogens with zero attached hydrogens (tertiary/aromatic N) is 2. The van der Waals surface area contributed by atoms with Gasteiger partial charge in [0.05, 0.1) is 4.88 Å². The van der Waals surface area contributed by atoms with Crippen molar-refractivity contribution < 1.29 is 12.8 Å². The first kappa shape index (κ1) is 17.2. The van der Waals surface area contributed by atoms with E-state index in [1.165, 1.54) is 6.42 Å². The molecule has 26 heavy (non-hydrogen) atoms. The van der Waals surface area contributed by atoms with Crippen molar-refractivity contribution in [2.75, 3.05) is 4.72 Å². The smallest absolute Gasteiger partial charge is 0.271 e. The fraction of sp³-hybridized carbons (Fsp3) is 0.333. The van der Waals surface area contributed by atoms with E-state index in [-0.39, 0.29) is 4.21 Å². The molecule has 0 amide bonds. The van der Waals surface area contributed by atoms with E-state index in [0.717, 1.165) is 35.3 Å². The maximum absolute atomic E-state index is 12.7. The summed E-state index contributed by atoms with van der Waals surface area (Å²) < 4.78 is 33.9. The molecule has 136 valence electrons. The van der Waals surface area contributed by atoms with E-state index in [1.54, 1.807) is 12.1 Å². The zero-order valence-corrected chi connectivity index (χ0v) is 16.2. The molecule has 1 saturated carbocycles. The Balaban J connectivity index is 1.57. The second kappa shape index (κ2) is 6.51. The number of hydrogen-bond donors (Lipinski definition) is 1. The normalized spacial score (nSPS) is 15.0. The molecule has 1 aliphatic rings. The standard InChI is InChI=1S/C18H19N3O3S2/c1-11-8-12(2)10-14(9-11)21-26(22,23)16-7-6-15(25-16)18-20-19-17(24-18)13-4-3-5-13/h6-10,13,21H,3-5H2,1-2H3. The van der Waals surface area contributed by atoms with Crippen LogP contribution in [-0.4, -0.2) is 18.6 Å². The summed E-state index contributed by atoms with van der Waals surface area (Å²) >= 11 is 1.12. The van der Waals surface area contributed by atoms with Crippen molar-refractivity contribution in [2.45, 2.75) is 43.2 Å². The van der Waals surface area contributed by atoms with Crippen LogP contribution in [0.2, 0.25) is 0 Å². The molecule has 0 bridgehead atoms. The van der Waals surface area contributed by atoms with Gasteiger partial charge >= 0.3 is 0 Å². The predicted molar refractivity (Wildman–Crippen MR) is 101 cm³/mol. The number of sulfonamides is 1. The molecule has 0 spiro atoms. The van der Waals surface area contributed by atoms with Crippen molar-refractivity contribution in [1.29, 1.82) is 0 Å². The Morgan fingerprint density at radius 1 is 1.12 bits per heavy atom. The molecule has 1 aliphatic carbocycles.